The summed E-state index contributed by atoms with van der Waals surface area (Å²) in [6.07, 6.45) is -0.339. The first-order chi connectivity index (χ1) is 10.6. The lowest BCUT2D eigenvalue weighted by atomic mass is 10.3. The summed E-state index contributed by atoms with van der Waals surface area (Å²) >= 11 is 1.53. The zero-order chi connectivity index (χ0) is 15.9. The SMILES string of the molecule is COC(=O)CC(=O)NCCn1nc(-c2cccs2)ccc1=O. The van der Waals surface area contributed by atoms with Crippen LogP contribution in [0.2, 0.25) is 0 Å². The van der Waals surface area contributed by atoms with Gasteiger partial charge in [0.25, 0.3) is 5.56 Å². The molecule has 1 N–H and O–H groups in total. The molecule has 8 heteroatoms. The molecule has 2 aromatic rings. The molecule has 0 radical (unpaired) electrons. The minimum atomic E-state index is -0.604. The van der Waals surface area contributed by atoms with Crippen LogP contribution in [0.5, 0.6) is 0 Å². The predicted octanol–water partition coefficient (Wildman–Crippen LogP) is 0.651. The number of nitrogens with one attached hydrogen (secondary N) is 1. The van der Waals surface area contributed by atoms with E-state index in [1.165, 1.54) is 29.2 Å². The van der Waals surface area contributed by atoms with Gasteiger partial charge in [0.15, 0.2) is 0 Å². The summed E-state index contributed by atoms with van der Waals surface area (Å²) in [6, 6.07) is 6.93. The fraction of sp³-hybridized carbons (Fsp3) is 0.286. The normalized spacial score (nSPS) is 10.2. The van der Waals surface area contributed by atoms with Gasteiger partial charge in [0.2, 0.25) is 5.91 Å². The molecule has 0 aromatic carbocycles. The van der Waals surface area contributed by atoms with Crippen molar-refractivity contribution in [2.45, 2.75) is 13.0 Å². The number of aromatic nitrogens is 2. The molecule has 2 rings (SSSR count). The molecular formula is C14H15N3O4S. The Morgan fingerprint density at radius 1 is 1.36 bits per heavy atom. The Morgan fingerprint density at radius 3 is 2.86 bits per heavy atom. The van der Waals surface area contributed by atoms with Crippen LogP contribution in [-0.2, 0) is 20.9 Å². The summed E-state index contributed by atoms with van der Waals surface area (Å²) in [4.78, 5) is 35.1. The van der Waals surface area contributed by atoms with Crippen molar-refractivity contribution in [3.63, 3.8) is 0 Å². The van der Waals surface area contributed by atoms with Crippen molar-refractivity contribution < 1.29 is 14.3 Å². The number of ether oxygens (including phenoxy) is 1. The average molecular weight is 321 g/mol. The van der Waals surface area contributed by atoms with Gasteiger partial charge in [-0.15, -0.1) is 11.3 Å². The Balaban J connectivity index is 1.95. The van der Waals surface area contributed by atoms with Crippen LogP contribution in [0, 0.1) is 0 Å². The molecule has 0 aliphatic carbocycles. The van der Waals surface area contributed by atoms with Gasteiger partial charge in [0, 0.05) is 12.6 Å². The molecule has 2 aromatic heterocycles. The van der Waals surface area contributed by atoms with Crippen LogP contribution in [0.15, 0.2) is 34.4 Å². The maximum absolute atomic E-state index is 11.8. The summed E-state index contributed by atoms with van der Waals surface area (Å²) in [5.41, 5.74) is 0.456. The predicted molar refractivity (Wildman–Crippen MR) is 81.5 cm³/mol. The molecule has 0 spiro atoms. The zero-order valence-electron chi connectivity index (χ0n) is 11.9. The zero-order valence-corrected chi connectivity index (χ0v) is 12.8. The number of hydrogen-bond acceptors (Lipinski definition) is 6. The van der Waals surface area contributed by atoms with E-state index in [1.54, 1.807) is 6.07 Å². The van der Waals surface area contributed by atoms with Crippen molar-refractivity contribution in [1.82, 2.24) is 15.1 Å². The quantitative estimate of drug-likeness (QED) is 0.623. The van der Waals surface area contributed by atoms with Crippen molar-refractivity contribution in [3.05, 3.63) is 40.0 Å². The van der Waals surface area contributed by atoms with Gasteiger partial charge < -0.3 is 10.1 Å². The van der Waals surface area contributed by atoms with Crippen molar-refractivity contribution in [3.8, 4) is 10.6 Å². The first-order valence-electron chi connectivity index (χ1n) is 6.55. The molecule has 0 saturated heterocycles. The number of methoxy groups -OCH3 is 1. The van der Waals surface area contributed by atoms with Gasteiger partial charge in [0.05, 0.1) is 18.5 Å². The van der Waals surface area contributed by atoms with Crippen molar-refractivity contribution in [2.75, 3.05) is 13.7 Å². The van der Waals surface area contributed by atoms with E-state index in [1.807, 2.05) is 17.5 Å². The van der Waals surface area contributed by atoms with E-state index in [9.17, 15) is 14.4 Å². The van der Waals surface area contributed by atoms with Crippen molar-refractivity contribution >= 4 is 23.2 Å². The van der Waals surface area contributed by atoms with Gasteiger partial charge in [-0.2, -0.15) is 5.10 Å². The molecule has 0 unspecified atom stereocenters. The summed E-state index contributed by atoms with van der Waals surface area (Å²) in [7, 11) is 1.22. The lowest BCUT2D eigenvalue weighted by Crippen LogP contribution is -2.32. The number of carbonyl (C=O) groups is 2. The largest absolute Gasteiger partial charge is 0.469 e. The third kappa shape index (κ3) is 4.26. The number of nitrogens with zero attached hydrogens (tertiary/aromatic N) is 2. The van der Waals surface area contributed by atoms with E-state index in [4.69, 9.17) is 0 Å². The fourth-order valence-electron chi connectivity index (χ4n) is 1.73. The van der Waals surface area contributed by atoms with Crippen LogP contribution in [-0.4, -0.2) is 35.3 Å². The third-order valence-corrected chi connectivity index (χ3v) is 3.71. The highest BCUT2D eigenvalue weighted by Gasteiger charge is 2.09. The van der Waals surface area contributed by atoms with E-state index in [0.717, 1.165) is 4.88 Å². The third-order valence-electron chi connectivity index (χ3n) is 2.82. The second kappa shape index (κ2) is 7.51. The molecule has 0 saturated carbocycles. The van der Waals surface area contributed by atoms with Gasteiger partial charge in [-0.1, -0.05) is 6.07 Å². The molecule has 0 fully saturated rings. The molecule has 0 bridgehead atoms. The molecular weight excluding hydrogens is 306 g/mol. The number of esters is 1. The van der Waals surface area contributed by atoms with E-state index in [-0.39, 0.29) is 25.1 Å². The van der Waals surface area contributed by atoms with Crippen LogP contribution >= 0.6 is 11.3 Å². The molecule has 1 amide bonds. The first kappa shape index (κ1) is 15.9. The van der Waals surface area contributed by atoms with Crippen LogP contribution in [0.3, 0.4) is 0 Å². The number of amides is 1. The maximum Gasteiger partial charge on any atom is 0.315 e. The second-order valence-corrected chi connectivity index (χ2v) is 5.31. The summed E-state index contributed by atoms with van der Waals surface area (Å²) in [6.45, 7) is 0.432. The second-order valence-electron chi connectivity index (χ2n) is 4.36. The highest BCUT2D eigenvalue weighted by Crippen LogP contribution is 2.20. The van der Waals surface area contributed by atoms with Crippen molar-refractivity contribution in [1.29, 1.82) is 0 Å². The van der Waals surface area contributed by atoms with E-state index < -0.39 is 11.9 Å². The standard InChI is InChI=1S/C14H15N3O4S/c1-21-14(20)9-12(18)15-6-7-17-13(19)5-4-10(16-17)11-3-2-8-22-11/h2-5,8H,6-7,9H2,1H3,(H,15,18). The maximum atomic E-state index is 11.8. The Morgan fingerprint density at radius 2 is 2.18 bits per heavy atom. The van der Waals surface area contributed by atoms with Gasteiger partial charge in [-0.05, 0) is 17.5 Å². The molecule has 116 valence electrons. The minimum Gasteiger partial charge on any atom is -0.469 e. The van der Waals surface area contributed by atoms with Crippen LogP contribution < -0.4 is 10.9 Å². The first-order valence-corrected chi connectivity index (χ1v) is 7.43. The molecule has 0 aliphatic heterocycles. The number of hydrogen-bond donors (Lipinski definition) is 1. The lowest BCUT2D eigenvalue weighted by molar-refractivity contribution is -0.143. The van der Waals surface area contributed by atoms with Gasteiger partial charge in [-0.3, -0.25) is 14.4 Å². The molecule has 2 heterocycles. The highest BCUT2D eigenvalue weighted by atomic mass is 32.1. The Hall–Kier alpha value is -2.48. The number of thiophene rings is 1. The van der Waals surface area contributed by atoms with E-state index in [2.05, 4.69) is 15.2 Å². The van der Waals surface area contributed by atoms with E-state index in [0.29, 0.717) is 5.69 Å². The summed E-state index contributed by atoms with van der Waals surface area (Å²) < 4.78 is 5.68. The number of carbonyl (C=O) groups excluding carboxylic acids is 2. The Bertz CT molecular complexity index is 709. The smallest absolute Gasteiger partial charge is 0.315 e. The van der Waals surface area contributed by atoms with Crippen LogP contribution in [0.4, 0.5) is 0 Å². The van der Waals surface area contributed by atoms with Gasteiger partial charge >= 0.3 is 5.97 Å². The molecule has 0 atom stereocenters. The molecule has 0 aliphatic rings. The van der Waals surface area contributed by atoms with Crippen LogP contribution in [0.1, 0.15) is 6.42 Å². The summed E-state index contributed by atoms with van der Waals surface area (Å²) in [5, 5.41) is 8.73. The summed E-state index contributed by atoms with van der Waals surface area (Å²) in [5.74, 6) is -1.05. The Labute approximate surface area is 130 Å². The fourth-order valence-corrected chi connectivity index (χ4v) is 2.42. The lowest BCUT2D eigenvalue weighted by Gasteiger charge is -2.07. The van der Waals surface area contributed by atoms with Gasteiger partial charge in [-0.25, -0.2) is 4.68 Å². The minimum absolute atomic E-state index is 0.205. The van der Waals surface area contributed by atoms with Crippen molar-refractivity contribution in [2.24, 2.45) is 0 Å². The monoisotopic (exact) mass is 321 g/mol. The van der Waals surface area contributed by atoms with Gasteiger partial charge in [0.1, 0.15) is 12.1 Å². The highest BCUT2D eigenvalue weighted by molar-refractivity contribution is 7.13. The van der Waals surface area contributed by atoms with E-state index >= 15 is 0 Å². The topological polar surface area (TPSA) is 90.3 Å². The molecule has 7 nitrogen and oxygen atoms in total. The average Bonchev–Trinajstić information content (AvgIpc) is 3.03. The Kier molecular flexibility index (Phi) is 5.42. The molecule has 22 heavy (non-hydrogen) atoms. The van der Waals surface area contributed by atoms with Crippen LogP contribution in [0.25, 0.3) is 10.6 Å². The number of rotatable bonds is 6.